The van der Waals surface area contributed by atoms with Gasteiger partial charge in [-0.1, -0.05) is 24.3 Å². The quantitative estimate of drug-likeness (QED) is 0.596. The number of aliphatic hydroxyl groups is 2. The Morgan fingerprint density at radius 1 is 1.14 bits per heavy atom. The molecule has 0 radical (unpaired) electrons. The van der Waals surface area contributed by atoms with E-state index in [1.54, 1.807) is 18.5 Å². The van der Waals surface area contributed by atoms with Gasteiger partial charge in [0.05, 0.1) is 6.10 Å². The molecule has 1 aliphatic heterocycles. The van der Waals surface area contributed by atoms with Gasteiger partial charge in [-0.05, 0) is 47.4 Å². The summed E-state index contributed by atoms with van der Waals surface area (Å²) in [5, 5.41) is 22.1. The Morgan fingerprint density at radius 2 is 1.93 bits per heavy atom. The molecule has 0 saturated carbocycles. The van der Waals surface area contributed by atoms with Gasteiger partial charge < -0.3 is 25.6 Å². The van der Waals surface area contributed by atoms with E-state index < -0.39 is 6.10 Å². The number of pyridine rings is 1. The van der Waals surface area contributed by atoms with Crippen LogP contribution in [0, 0.1) is 0 Å². The van der Waals surface area contributed by atoms with Crippen molar-refractivity contribution >= 4 is 16.5 Å². The maximum absolute atomic E-state index is 10.4. The van der Waals surface area contributed by atoms with Crippen LogP contribution in [-0.4, -0.2) is 58.5 Å². The molecule has 1 fully saturated rings. The lowest BCUT2D eigenvalue weighted by atomic mass is 9.98. The summed E-state index contributed by atoms with van der Waals surface area (Å²) in [4.78, 5) is 6.39. The molecule has 152 valence electrons. The zero-order valence-corrected chi connectivity index (χ0v) is 16.4. The Labute approximate surface area is 170 Å². The third-order valence-electron chi connectivity index (χ3n) is 5.45. The van der Waals surface area contributed by atoms with E-state index in [0.29, 0.717) is 18.0 Å². The van der Waals surface area contributed by atoms with Crippen molar-refractivity contribution in [3.8, 4) is 16.9 Å². The van der Waals surface area contributed by atoms with E-state index in [9.17, 15) is 10.2 Å². The maximum atomic E-state index is 10.4. The van der Waals surface area contributed by atoms with Crippen molar-refractivity contribution in [2.45, 2.75) is 25.0 Å². The number of β-amino-alcohol motifs (C(OH)–C–C–N with tert-alkyl or cyclic N) is 1. The van der Waals surface area contributed by atoms with Gasteiger partial charge >= 0.3 is 0 Å². The summed E-state index contributed by atoms with van der Waals surface area (Å²) in [7, 11) is 0. The van der Waals surface area contributed by atoms with Crippen molar-refractivity contribution in [3.05, 3.63) is 54.9 Å². The summed E-state index contributed by atoms with van der Waals surface area (Å²) in [5.74, 6) is 0.690. The molecule has 29 heavy (non-hydrogen) atoms. The fourth-order valence-corrected chi connectivity index (χ4v) is 3.86. The maximum Gasteiger partial charge on any atom is 0.120 e. The van der Waals surface area contributed by atoms with E-state index in [4.69, 9.17) is 10.5 Å². The molecule has 1 unspecified atom stereocenters. The predicted molar refractivity (Wildman–Crippen MR) is 115 cm³/mol. The molecule has 4 N–H and O–H groups in total. The molecule has 4 rings (SSSR count). The summed E-state index contributed by atoms with van der Waals surface area (Å²) in [6, 6.07) is 13.8. The van der Waals surface area contributed by atoms with Crippen LogP contribution in [0.15, 0.2) is 54.9 Å². The number of benzene rings is 2. The number of likely N-dealkylation sites (tertiary alicyclic amines) is 1. The number of piperidine rings is 1. The fraction of sp³-hybridized carbons (Fsp3) is 0.348. The molecule has 0 bridgehead atoms. The van der Waals surface area contributed by atoms with Crippen LogP contribution in [0.4, 0.5) is 5.69 Å². The molecule has 0 amide bonds. The molecule has 3 aromatic rings. The Bertz CT molecular complexity index is 970. The molecule has 1 aliphatic rings. The lowest BCUT2D eigenvalue weighted by Gasteiger charge is -2.30. The first kappa shape index (κ1) is 19.6. The molecule has 1 atom stereocenters. The number of nitrogen functional groups attached to an aromatic ring is 1. The Morgan fingerprint density at radius 3 is 2.72 bits per heavy atom. The molecular formula is C23H27N3O3. The van der Waals surface area contributed by atoms with Crippen molar-refractivity contribution in [1.29, 1.82) is 0 Å². The van der Waals surface area contributed by atoms with Gasteiger partial charge in [-0.3, -0.25) is 4.98 Å². The number of nitrogens with two attached hydrogens (primary N) is 1. The lowest BCUT2D eigenvalue weighted by molar-refractivity contribution is 0.0338. The molecule has 6 nitrogen and oxygen atoms in total. The average Bonchev–Trinajstić information content (AvgIpc) is 2.74. The zero-order chi connectivity index (χ0) is 20.2. The van der Waals surface area contributed by atoms with Crippen LogP contribution in [0.25, 0.3) is 21.9 Å². The molecule has 0 aliphatic carbocycles. The van der Waals surface area contributed by atoms with Gasteiger partial charge in [0.25, 0.3) is 0 Å². The summed E-state index contributed by atoms with van der Waals surface area (Å²) in [5.41, 5.74) is 8.67. The molecule has 2 aromatic carbocycles. The topological polar surface area (TPSA) is 91.8 Å². The largest absolute Gasteiger partial charge is 0.491 e. The SMILES string of the molecule is Nc1ccncc1-c1cc(OCC(O)CN2CCC(O)CC2)cc2ccccc12. The first-order valence-electron chi connectivity index (χ1n) is 10.0. The van der Waals surface area contributed by atoms with E-state index in [1.807, 2.05) is 30.3 Å². The van der Waals surface area contributed by atoms with Crippen LogP contribution in [0.1, 0.15) is 12.8 Å². The van der Waals surface area contributed by atoms with Gasteiger partial charge in [0.15, 0.2) is 0 Å². The Hall–Kier alpha value is -2.67. The number of anilines is 1. The first-order chi connectivity index (χ1) is 14.1. The van der Waals surface area contributed by atoms with Crippen molar-refractivity contribution < 1.29 is 14.9 Å². The highest BCUT2D eigenvalue weighted by atomic mass is 16.5. The number of hydrogen-bond donors (Lipinski definition) is 3. The second kappa shape index (κ2) is 8.78. The van der Waals surface area contributed by atoms with Crippen LogP contribution < -0.4 is 10.5 Å². The lowest BCUT2D eigenvalue weighted by Crippen LogP contribution is -2.41. The summed E-state index contributed by atoms with van der Waals surface area (Å²) in [6.45, 7) is 2.36. The average molecular weight is 393 g/mol. The number of aliphatic hydroxyl groups excluding tert-OH is 2. The number of hydrogen-bond acceptors (Lipinski definition) is 6. The van der Waals surface area contributed by atoms with Crippen LogP contribution in [0.3, 0.4) is 0 Å². The van der Waals surface area contributed by atoms with Gasteiger partial charge in [-0.15, -0.1) is 0 Å². The van der Waals surface area contributed by atoms with Gasteiger partial charge in [0, 0.05) is 43.3 Å². The van der Waals surface area contributed by atoms with Crippen molar-refractivity contribution in [2.75, 3.05) is 32.0 Å². The second-order valence-corrected chi connectivity index (χ2v) is 7.65. The molecular weight excluding hydrogens is 366 g/mol. The van der Waals surface area contributed by atoms with Crippen LogP contribution in [-0.2, 0) is 0 Å². The summed E-state index contributed by atoms with van der Waals surface area (Å²) < 4.78 is 5.95. The van der Waals surface area contributed by atoms with Gasteiger partial charge in [0.2, 0.25) is 0 Å². The third kappa shape index (κ3) is 4.67. The van der Waals surface area contributed by atoms with Crippen molar-refractivity contribution in [1.82, 2.24) is 9.88 Å². The van der Waals surface area contributed by atoms with Crippen molar-refractivity contribution in [2.24, 2.45) is 0 Å². The number of nitrogens with zero attached hydrogens (tertiary/aromatic N) is 2. The van der Waals surface area contributed by atoms with E-state index in [-0.39, 0.29) is 12.7 Å². The number of rotatable bonds is 6. The van der Waals surface area contributed by atoms with Crippen LogP contribution >= 0.6 is 0 Å². The zero-order valence-electron chi connectivity index (χ0n) is 16.4. The second-order valence-electron chi connectivity index (χ2n) is 7.65. The molecule has 1 saturated heterocycles. The van der Waals surface area contributed by atoms with Gasteiger partial charge in [0.1, 0.15) is 18.5 Å². The predicted octanol–water partition coefficient (Wildman–Crippen LogP) is 2.68. The van der Waals surface area contributed by atoms with Gasteiger partial charge in [-0.2, -0.15) is 0 Å². The molecule has 0 spiro atoms. The monoisotopic (exact) mass is 393 g/mol. The highest BCUT2D eigenvalue weighted by Gasteiger charge is 2.19. The molecule has 2 heterocycles. The normalized spacial score (nSPS) is 16.8. The Kier molecular flexibility index (Phi) is 5.94. The van der Waals surface area contributed by atoms with Crippen molar-refractivity contribution in [3.63, 3.8) is 0 Å². The minimum Gasteiger partial charge on any atom is -0.491 e. The third-order valence-corrected chi connectivity index (χ3v) is 5.45. The number of fused-ring (bicyclic) bond motifs is 1. The van der Waals surface area contributed by atoms with Crippen LogP contribution in [0.5, 0.6) is 5.75 Å². The number of aromatic nitrogens is 1. The fourth-order valence-electron chi connectivity index (χ4n) is 3.86. The van der Waals surface area contributed by atoms with E-state index in [0.717, 1.165) is 47.8 Å². The first-order valence-corrected chi connectivity index (χ1v) is 10.0. The summed E-state index contributed by atoms with van der Waals surface area (Å²) in [6.07, 6.45) is 4.15. The minimum absolute atomic E-state index is 0.208. The van der Waals surface area contributed by atoms with E-state index in [2.05, 4.69) is 16.0 Å². The number of ether oxygens (including phenoxy) is 1. The highest BCUT2D eigenvalue weighted by molar-refractivity contribution is 6.00. The highest BCUT2D eigenvalue weighted by Crippen LogP contribution is 2.35. The van der Waals surface area contributed by atoms with E-state index in [1.165, 1.54) is 0 Å². The molecule has 6 heteroatoms. The smallest absolute Gasteiger partial charge is 0.120 e. The summed E-state index contributed by atoms with van der Waals surface area (Å²) >= 11 is 0. The molecule has 1 aromatic heterocycles. The van der Waals surface area contributed by atoms with Crippen LogP contribution in [0.2, 0.25) is 0 Å². The Balaban J connectivity index is 1.51. The van der Waals surface area contributed by atoms with Gasteiger partial charge in [-0.25, -0.2) is 0 Å². The standard InChI is InChI=1S/C23H27N3O3/c24-23-5-8-25-13-22(23)21-12-19(11-16-3-1-2-4-20(16)21)29-15-18(28)14-26-9-6-17(27)7-10-26/h1-5,8,11-13,17-18,27-28H,6-7,9-10,14-15H2,(H2,24,25). The minimum atomic E-state index is -0.594. The van der Waals surface area contributed by atoms with E-state index >= 15 is 0 Å².